The van der Waals surface area contributed by atoms with Crippen LogP contribution in [0, 0.1) is 0 Å². The topological polar surface area (TPSA) is 38.0 Å². The van der Waals surface area contributed by atoms with Gasteiger partial charge in [-0.25, -0.2) is 0 Å². The van der Waals surface area contributed by atoms with E-state index in [0.717, 1.165) is 11.3 Å². The highest BCUT2D eigenvalue weighted by atomic mass is 32.1. The predicted molar refractivity (Wildman–Crippen MR) is 66.8 cm³/mol. The summed E-state index contributed by atoms with van der Waals surface area (Å²) in [5, 5.41) is 2.05. The number of nitrogens with two attached hydrogens (primary N) is 1. The van der Waals surface area contributed by atoms with E-state index in [9.17, 15) is 0 Å². The van der Waals surface area contributed by atoms with Crippen LogP contribution in [0.5, 0.6) is 0 Å². The molecule has 1 aromatic heterocycles. The molecule has 0 atom stereocenters. The van der Waals surface area contributed by atoms with Gasteiger partial charge in [0.25, 0.3) is 0 Å². The number of rotatable bonds is 2. The molecule has 0 radical (unpaired) electrons. The second-order valence-electron chi connectivity index (χ2n) is 2.89. The molecule has 2 rings (SSSR count). The van der Waals surface area contributed by atoms with Gasteiger partial charge in [-0.15, -0.1) is 11.3 Å². The summed E-state index contributed by atoms with van der Waals surface area (Å²) >= 11 is 5.66. The van der Waals surface area contributed by atoms with E-state index in [0.29, 0.717) is 5.69 Å². The van der Waals surface area contributed by atoms with E-state index in [-0.39, 0.29) is 0 Å². The van der Waals surface area contributed by atoms with E-state index in [1.54, 1.807) is 11.3 Å². The molecular formula is C10H10N2S2. The van der Waals surface area contributed by atoms with Crippen LogP contribution in [0.3, 0.4) is 0 Å². The number of thiophene rings is 1. The van der Waals surface area contributed by atoms with Gasteiger partial charge in [0.15, 0.2) is 0 Å². The maximum Gasteiger partial charge on any atom is 0.0671 e. The summed E-state index contributed by atoms with van der Waals surface area (Å²) in [4.78, 5) is 1.22. The van der Waals surface area contributed by atoms with Crippen molar-refractivity contribution < 1.29 is 0 Å². The fourth-order valence-corrected chi connectivity index (χ4v) is 2.19. The first-order valence-electron chi connectivity index (χ1n) is 4.15. The molecule has 4 heteroatoms. The van der Waals surface area contributed by atoms with Crippen molar-refractivity contribution in [2.24, 2.45) is 0 Å². The van der Waals surface area contributed by atoms with Crippen molar-refractivity contribution in [3.05, 3.63) is 35.7 Å². The number of thiol groups is 1. The number of nitrogen functional groups attached to an aromatic ring is 1. The van der Waals surface area contributed by atoms with Crippen LogP contribution in [0.25, 0.3) is 10.4 Å². The molecule has 0 bridgehead atoms. The van der Waals surface area contributed by atoms with Crippen molar-refractivity contribution in [3.63, 3.8) is 0 Å². The van der Waals surface area contributed by atoms with Crippen LogP contribution in [-0.2, 0) is 0 Å². The fourth-order valence-electron chi connectivity index (χ4n) is 1.26. The van der Waals surface area contributed by atoms with E-state index in [1.165, 1.54) is 4.88 Å². The van der Waals surface area contributed by atoms with Gasteiger partial charge in [0, 0.05) is 4.88 Å². The molecule has 72 valence electrons. The largest absolute Gasteiger partial charge is 0.397 e. The molecule has 1 aromatic carbocycles. The molecule has 2 aromatic rings. The molecule has 2 nitrogen and oxygen atoms in total. The molecular weight excluding hydrogens is 212 g/mol. The van der Waals surface area contributed by atoms with E-state index in [2.05, 4.69) is 29.0 Å². The van der Waals surface area contributed by atoms with Gasteiger partial charge in [-0.1, -0.05) is 24.9 Å². The third-order valence-corrected chi connectivity index (χ3v) is 3.14. The van der Waals surface area contributed by atoms with Crippen LogP contribution in [-0.4, -0.2) is 0 Å². The summed E-state index contributed by atoms with van der Waals surface area (Å²) in [6, 6.07) is 10.0. The number of nitrogens with one attached hydrogen (secondary N) is 1. The van der Waals surface area contributed by atoms with Gasteiger partial charge >= 0.3 is 0 Å². The SMILES string of the molecule is Nc1cc(-c2cccs2)ccc1NS. The van der Waals surface area contributed by atoms with Gasteiger partial charge in [-0.05, 0) is 29.1 Å². The second-order valence-corrected chi connectivity index (χ2v) is 4.06. The Morgan fingerprint density at radius 2 is 2.14 bits per heavy atom. The van der Waals surface area contributed by atoms with Crippen molar-refractivity contribution in [3.8, 4) is 10.4 Å². The van der Waals surface area contributed by atoms with Gasteiger partial charge in [-0.2, -0.15) is 0 Å². The number of anilines is 2. The Labute approximate surface area is 92.3 Å². The Kier molecular flexibility index (Phi) is 2.65. The first-order chi connectivity index (χ1) is 6.81. The Hall–Kier alpha value is -1.13. The Morgan fingerprint density at radius 3 is 2.71 bits per heavy atom. The lowest BCUT2D eigenvalue weighted by atomic mass is 10.1. The minimum absolute atomic E-state index is 0.714. The first kappa shape index (κ1) is 9.43. The average molecular weight is 222 g/mol. The highest BCUT2D eigenvalue weighted by Crippen LogP contribution is 2.29. The van der Waals surface area contributed by atoms with Gasteiger partial charge < -0.3 is 10.5 Å². The summed E-state index contributed by atoms with van der Waals surface area (Å²) in [6.07, 6.45) is 0. The Balaban J connectivity index is 2.43. The van der Waals surface area contributed by atoms with Gasteiger partial charge in [0.1, 0.15) is 0 Å². The lowest BCUT2D eigenvalue weighted by molar-refractivity contribution is 1.66. The minimum atomic E-state index is 0.714. The molecule has 0 aliphatic carbocycles. The Bertz CT molecular complexity index is 424. The fraction of sp³-hybridized carbons (Fsp3) is 0. The van der Waals surface area contributed by atoms with E-state index < -0.39 is 0 Å². The highest BCUT2D eigenvalue weighted by Gasteiger charge is 2.01. The zero-order valence-corrected chi connectivity index (χ0v) is 9.11. The van der Waals surface area contributed by atoms with Crippen LogP contribution in [0.15, 0.2) is 35.7 Å². The molecule has 0 amide bonds. The molecule has 0 saturated carbocycles. The average Bonchev–Trinajstić information content (AvgIpc) is 2.70. The summed E-state index contributed by atoms with van der Waals surface area (Å²) in [5.74, 6) is 0. The van der Waals surface area contributed by atoms with E-state index in [4.69, 9.17) is 5.73 Å². The van der Waals surface area contributed by atoms with Crippen LogP contribution in [0.2, 0.25) is 0 Å². The Morgan fingerprint density at radius 1 is 1.29 bits per heavy atom. The number of hydrogen-bond acceptors (Lipinski definition) is 4. The molecule has 0 aliphatic heterocycles. The number of hydrogen-bond donors (Lipinski definition) is 3. The first-order valence-corrected chi connectivity index (χ1v) is 5.47. The lowest BCUT2D eigenvalue weighted by Gasteiger charge is -2.05. The van der Waals surface area contributed by atoms with Crippen molar-refractivity contribution in [2.75, 3.05) is 10.5 Å². The summed E-state index contributed by atoms with van der Waals surface area (Å²) in [7, 11) is 0. The zero-order valence-electron chi connectivity index (χ0n) is 7.40. The van der Waals surface area contributed by atoms with Crippen LogP contribution < -0.4 is 10.5 Å². The van der Waals surface area contributed by atoms with Crippen molar-refractivity contribution in [2.45, 2.75) is 0 Å². The molecule has 0 aliphatic rings. The highest BCUT2D eigenvalue weighted by molar-refractivity contribution is 7.81. The molecule has 0 spiro atoms. The second kappa shape index (κ2) is 3.94. The van der Waals surface area contributed by atoms with Crippen molar-refractivity contribution in [1.82, 2.24) is 0 Å². The molecule has 0 unspecified atom stereocenters. The summed E-state index contributed by atoms with van der Waals surface area (Å²) < 4.78 is 2.74. The normalized spacial score (nSPS) is 10.1. The monoisotopic (exact) mass is 222 g/mol. The molecule has 3 N–H and O–H groups in total. The van der Waals surface area contributed by atoms with E-state index in [1.807, 2.05) is 24.3 Å². The van der Waals surface area contributed by atoms with E-state index >= 15 is 0 Å². The molecule has 1 heterocycles. The van der Waals surface area contributed by atoms with Crippen LogP contribution >= 0.6 is 24.2 Å². The summed E-state index contributed by atoms with van der Waals surface area (Å²) in [5.41, 5.74) is 8.53. The minimum Gasteiger partial charge on any atom is -0.397 e. The van der Waals surface area contributed by atoms with Crippen molar-refractivity contribution >= 4 is 35.5 Å². The zero-order chi connectivity index (χ0) is 9.97. The third kappa shape index (κ3) is 1.71. The van der Waals surface area contributed by atoms with Gasteiger partial charge in [0.2, 0.25) is 0 Å². The summed E-state index contributed by atoms with van der Waals surface area (Å²) in [6.45, 7) is 0. The van der Waals surface area contributed by atoms with Gasteiger partial charge in [-0.3, -0.25) is 0 Å². The van der Waals surface area contributed by atoms with Gasteiger partial charge in [0.05, 0.1) is 11.4 Å². The molecule has 0 saturated heterocycles. The number of benzene rings is 1. The van der Waals surface area contributed by atoms with Crippen LogP contribution in [0.4, 0.5) is 11.4 Å². The van der Waals surface area contributed by atoms with Crippen LogP contribution in [0.1, 0.15) is 0 Å². The predicted octanol–water partition coefficient (Wildman–Crippen LogP) is 3.25. The molecule has 14 heavy (non-hydrogen) atoms. The smallest absolute Gasteiger partial charge is 0.0671 e. The molecule has 0 fully saturated rings. The lowest BCUT2D eigenvalue weighted by Crippen LogP contribution is -1.91. The quantitative estimate of drug-likeness (QED) is 0.539. The van der Waals surface area contributed by atoms with Crippen molar-refractivity contribution in [1.29, 1.82) is 0 Å². The third-order valence-electron chi connectivity index (χ3n) is 1.98. The maximum absolute atomic E-state index is 5.83. The maximum atomic E-state index is 5.83. The standard InChI is InChI=1S/C10H10N2S2/c11-8-6-7(3-4-9(8)12-13)10-2-1-5-14-10/h1-6,12-13H,11H2.